The van der Waals surface area contributed by atoms with Gasteiger partial charge < -0.3 is 10.1 Å². The summed E-state index contributed by atoms with van der Waals surface area (Å²) in [5.74, 6) is -1.10. The fourth-order valence-electron chi connectivity index (χ4n) is 3.60. The van der Waals surface area contributed by atoms with Gasteiger partial charge >= 0.3 is 12.0 Å². The number of fused-ring (bicyclic) bond motifs is 1. The van der Waals surface area contributed by atoms with E-state index in [9.17, 15) is 14.4 Å². The zero-order chi connectivity index (χ0) is 18.4. The van der Waals surface area contributed by atoms with Crippen LogP contribution in [0.2, 0.25) is 0 Å². The van der Waals surface area contributed by atoms with Gasteiger partial charge in [0, 0.05) is 10.9 Å². The molecular weight excluding hydrogens is 352 g/mol. The molecule has 0 aromatic carbocycles. The van der Waals surface area contributed by atoms with Gasteiger partial charge in [0.2, 0.25) is 0 Å². The number of hydrogen-bond acceptors (Lipinski definition) is 5. The third-order valence-corrected chi connectivity index (χ3v) is 6.19. The SMILES string of the molecule is O=C(COC(=O)c1cc2c(s1)CCCCC2)NC(=O)NC1CCCCC1. The molecule has 6 nitrogen and oxygen atoms in total. The van der Waals surface area contributed by atoms with Crippen LogP contribution in [-0.4, -0.2) is 30.6 Å². The van der Waals surface area contributed by atoms with Gasteiger partial charge in [-0.1, -0.05) is 25.7 Å². The van der Waals surface area contributed by atoms with E-state index in [4.69, 9.17) is 4.74 Å². The summed E-state index contributed by atoms with van der Waals surface area (Å²) < 4.78 is 5.07. The van der Waals surface area contributed by atoms with E-state index >= 15 is 0 Å². The number of carbonyl (C=O) groups is 3. The summed E-state index contributed by atoms with van der Waals surface area (Å²) in [4.78, 5) is 37.6. The molecule has 3 amide bonds. The molecule has 1 saturated carbocycles. The first kappa shape index (κ1) is 18.9. The third kappa shape index (κ3) is 5.30. The molecule has 0 spiro atoms. The molecule has 142 valence electrons. The number of aryl methyl sites for hydroxylation is 2. The van der Waals surface area contributed by atoms with Crippen molar-refractivity contribution in [1.29, 1.82) is 0 Å². The summed E-state index contributed by atoms with van der Waals surface area (Å²) in [6, 6.07) is 1.50. The van der Waals surface area contributed by atoms with Crippen molar-refractivity contribution >= 4 is 29.2 Å². The van der Waals surface area contributed by atoms with Crippen molar-refractivity contribution in [3.63, 3.8) is 0 Å². The molecule has 1 heterocycles. The van der Waals surface area contributed by atoms with Crippen LogP contribution in [0.4, 0.5) is 4.79 Å². The monoisotopic (exact) mass is 378 g/mol. The molecule has 0 unspecified atom stereocenters. The van der Waals surface area contributed by atoms with Crippen LogP contribution < -0.4 is 10.6 Å². The van der Waals surface area contributed by atoms with Crippen LogP contribution in [0.5, 0.6) is 0 Å². The average molecular weight is 378 g/mol. The zero-order valence-corrected chi connectivity index (χ0v) is 15.8. The van der Waals surface area contributed by atoms with E-state index in [1.165, 1.54) is 34.6 Å². The molecule has 0 bridgehead atoms. The quantitative estimate of drug-likeness (QED) is 0.622. The number of esters is 1. The molecule has 2 aliphatic carbocycles. The minimum atomic E-state index is -0.607. The Hall–Kier alpha value is -1.89. The van der Waals surface area contributed by atoms with Crippen molar-refractivity contribution in [3.05, 3.63) is 21.4 Å². The Labute approximate surface area is 157 Å². The molecule has 1 aromatic rings. The Bertz CT molecular complexity index is 641. The average Bonchev–Trinajstić information content (AvgIpc) is 2.91. The normalized spacial score (nSPS) is 17.7. The van der Waals surface area contributed by atoms with Gasteiger partial charge in [-0.05, 0) is 50.2 Å². The Morgan fingerprint density at radius 2 is 1.77 bits per heavy atom. The summed E-state index contributed by atoms with van der Waals surface area (Å²) in [6.45, 7) is -0.445. The molecule has 0 atom stereocenters. The van der Waals surface area contributed by atoms with Crippen molar-refractivity contribution < 1.29 is 19.1 Å². The number of nitrogens with one attached hydrogen (secondary N) is 2. The smallest absolute Gasteiger partial charge is 0.348 e. The molecular formula is C19H26N2O4S. The highest BCUT2D eigenvalue weighted by Gasteiger charge is 2.20. The molecule has 2 aliphatic rings. The van der Waals surface area contributed by atoms with E-state index in [1.807, 2.05) is 6.07 Å². The topological polar surface area (TPSA) is 84.5 Å². The fraction of sp³-hybridized carbons (Fsp3) is 0.632. The lowest BCUT2D eigenvalue weighted by atomic mass is 9.96. The molecule has 1 aromatic heterocycles. The standard InChI is InChI=1S/C19H26N2O4S/c22-17(21-19(24)20-14-8-4-2-5-9-14)12-25-18(23)16-11-13-7-3-1-6-10-15(13)26-16/h11,14H,1-10,12H2,(H2,20,21,22,24). The van der Waals surface area contributed by atoms with Gasteiger partial charge in [0.15, 0.2) is 6.61 Å². The molecule has 0 aliphatic heterocycles. The molecule has 3 rings (SSSR count). The Kier molecular flexibility index (Phi) is 6.66. The maximum Gasteiger partial charge on any atom is 0.348 e. The molecule has 0 radical (unpaired) electrons. The number of imide groups is 1. The Morgan fingerprint density at radius 3 is 2.58 bits per heavy atom. The second-order valence-corrected chi connectivity index (χ2v) is 8.19. The highest BCUT2D eigenvalue weighted by molar-refractivity contribution is 7.14. The van der Waals surface area contributed by atoms with Gasteiger partial charge in [0.1, 0.15) is 4.88 Å². The molecule has 7 heteroatoms. The van der Waals surface area contributed by atoms with Crippen LogP contribution in [-0.2, 0) is 22.4 Å². The van der Waals surface area contributed by atoms with Gasteiger partial charge in [-0.25, -0.2) is 9.59 Å². The fourth-order valence-corrected chi connectivity index (χ4v) is 4.75. The maximum atomic E-state index is 12.2. The minimum absolute atomic E-state index is 0.126. The summed E-state index contributed by atoms with van der Waals surface area (Å²) in [5, 5.41) is 5.03. The molecule has 26 heavy (non-hydrogen) atoms. The van der Waals surface area contributed by atoms with Crippen LogP contribution in [0.3, 0.4) is 0 Å². The Morgan fingerprint density at radius 1 is 1.04 bits per heavy atom. The largest absolute Gasteiger partial charge is 0.451 e. The van der Waals surface area contributed by atoms with Crippen LogP contribution in [0.15, 0.2) is 6.07 Å². The van der Waals surface area contributed by atoms with Crippen molar-refractivity contribution in [2.45, 2.75) is 70.3 Å². The van der Waals surface area contributed by atoms with E-state index in [-0.39, 0.29) is 6.04 Å². The van der Waals surface area contributed by atoms with E-state index in [0.717, 1.165) is 51.4 Å². The first-order chi connectivity index (χ1) is 12.6. The van der Waals surface area contributed by atoms with Gasteiger partial charge in [-0.3, -0.25) is 10.1 Å². The maximum absolute atomic E-state index is 12.2. The number of thiophene rings is 1. The van der Waals surface area contributed by atoms with E-state index in [0.29, 0.717) is 4.88 Å². The van der Waals surface area contributed by atoms with Gasteiger partial charge in [-0.2, -0.15) is 0 Å². The summed E-state index contributed by atoms with van der Waals surface area (Å²) in [6.07, 6.45) is 10.8. The first-order valence-corrected chi connectivity index (χ1v) is 10.3. The lowest BCUT2D eigenvalue weighted by molar-refractivity contribution is -0.123. The van der Waals surface area contributed by atoms with Gasteiger partial charge in [0.05, 0.1) is 0 Å². The molecule has 1 fully saturated rings. The number of urea groups is 1. The second-order valence-electron chi connectivity index (χ2n) is 7.05. The number of ether oxygens (including phenoxy) is 1. The summed E-state index contributed by atoms with van der Waals surface area (Å²) >= 11 is 1.46. The number of hydrogen-bond donors (Lipinski definition) is 2. The van der Waals surface area contributed by atoms with Crippen molar-refractivity contribution in [2.75, 3.05) is 6.61 Å². The third-order valence-electron chi connectivity index (χ3n) is 4.98. The highest BCUT2D eigenvalue weighted by Crippen LogP contribution is 2.29. The van der Waals surface area contributed by atoms with Crippen molar-refractivity contribution in [1.82, 2.24) is 10.6 Å². The number of carbonyl (C=O) groups excluding carboxylic acids is 3. The lowest BCUT2D eigenvalue weighted by Gasteiger charge is -2.22. The summed E-state index contributed by atoms with van der Waals surface area (Å²) in [5.41, 5.74) is 1.23. The predicted molar refractivity (Wildman–Crippen MR) is 99.4 cm³/mol. The number of rotatable bonds is 4. The van der Waals surface area contributed by atoms with Crippen LogP contribution in [0.1, 0.15) is 71.5 Å². The van der Waals surface area contributed by atoms with Crippen molar-refractivity contribution in [3.8, 4) is 0 Å². The van der Waals surface area contributed by atoms with Crippen LogP contribution in [0.25, 0.3) is 0 Å². The van der Waals surface area contributed by atoms with E-state index < -0.39 is 24.5 Å². The minimum Gasteiger partial charge on any atom is -0.451 e. The van der Waals surface area contributed by atoms with Gasteiger partial charge in [-0.15, -0.1) is 11.3 Å². The van der Waals surface area contributed by atoms with Gasteiger partial charge in [0.25, 0.3) is 5.91 Å². The first-order valence-electron chi connectivity index (χ1n) is 9.51. The second kappa shape index (κ2) is 9.16. The van der Waals surface area contributed by atoms with Crippen molar-refractivity contribution in [2.24, 2.45) is 0 Å². The predicted octanol–water partition coefficient (Wildman–Crippen LogP) is 3.33. The molecule has 2 N–H and O–H groups in total. The summed E-state index contributed by atoms with van der Waals surface area (Å²) in [7, 11) is 0. The van der Waals surface area contributed by atoms with Crippen LogP contribution >= 0.6 is 11.3 Å². The highest BCUT2D eigenvalue weighted by atomic mass is 32.1. The van der Waals surface area contributed by atoms with Crippen LogP contribution in [0, 0.1) is 0 Å². The lowest BCUT2D eigenvalue weighted by Crippen LogP contribution is -2.46. The Balaban J connectivity index is 1.42. The molecule has 0 saturated heterocycles. The zero-order valence-electron chi connectivity index (χ0n) is 15.0. The van der Waals surface area contributed by atoms with E-state index in [2.05, 4.69) is 10.6 Å². The number of amides is 3. The van der Waals surface area contributed by atoms with E-state index in [1.54, 1.807) is 0 Å².